The van der Waals surface area contributed by atoms with Gasteiger partial charge in [-0.25, -0.2) is 4.79 Å². The van der Waals surface area contributed by atoms with Crippen molar-refractivity contribution in [1.29, 1.82) is 0 Å². The zero-order valence-corrected chi connectivity index (χ0v) is 12.1. The minimum absolute atomic E-state index is 0.103. The second kappa shape index (κ2) is 4.56. The second-order valence-electron chi connectivity index (χ2n) is 5.92. The van der Waals surface area contributed by atoms with Gasteiger partial charge in [-0.15, -0.1) is 0 Å². The zero-order chi connectivity index (χ0) is 14.5. The predicted molar refractivity (Wildman–Crippen MR) is 74.8 cm³/mol. The van der Waals surface area contributed by atoms with Gasteiger partial charge in [-0.3, -0.25) is 14.3 Å². The lowest BCUT2D eigenvalue weighted by molar-refractivity contribution is -0.0868. The van der Waals surface area contributed by atoms with Crippen molar-refractivity contribution >= 4 is 0 Å². The summed E-state index contributed by atoms with van der Waals surface area (Å²) in [6.45, 7) is 6.89. The number of nitrogens with one attached hydrogen (secondary N) is 2. The Balaban J connectivity index is 2.06. The summed E-state index contributed by atoms with van der Waals surface area (Å²) in [5.41, 5.74) is -0.381. The number of aromatic nitrogens is 2. The van der Waals surface area contributed by atoms with Gasteiger partial charge in [0.2, 0.25) is 0 Å². The normalized spacial score (nSPS) is 36.2. The third kappa shape index (κ3) is 1.78. The SMILES string of the molecule is CC[C@@]12CCN[C@@H]([C@H](n3cc(C)c(=O)[nH]c3=O)O1)[C@@H]2C. The molecule has 2 aliphatic heterocycles. The summed E-state index contributed by atoms with van der Waals surface area (Å²) < 4.78 is 7.80. The van der Waals surface area contributed by atoms with Gasteiger partial charge in [0.15, 0.2) is 6.23 Å². The van der Waals surface area contributed by atoms with Gasteiger partial charge in [-0.2, -0.15) is 0 Å². The van der Waals surface area contributed by atoms with E-state index < -0.39 is 5.69 Å². The fourth-order valence-electron chi connectivity index (χ4n) is 3.60. The molecule has 1 aromatic rings. The molecule has 2 fully saturated rings. The topological polar surface area (TPSA) is 76.1 Å². The molecule has 0 aliphatic carbocycles. The molecule has 2 saturated heterocycles. The Kier molecular flexibility index (Phi) is 3.10. The molecule has 2 aliphatic rings. The molecular weight excluding hydrogens is 258 g/mol. The van der Waals surface area contributed by atoms with Crippen molar-refractivity contribution in [3.8, 4) is 0 Å². The van der Waals surface area contributed by atoms with Crippen molar-refractivity contribution in [2.45, 2.75) is 51.5 Å². The molecule has 2 bridgehead atoms. The highest BCUT2D eigenvalue weighted by Gasteiger charge is 2.54. The molecule has 0 radical (unpaired) electrons. The number of aryl methyl sites for hydroxylation is 1. The van der Waals surface area contributed by atoms with Crippen LogP contribution in [0, 0.1) is 12.8 Å². The Hall–Kier alpha value is -1.40. The molecule has 4 atom stereocenters. The molecular formula is C14H21N3O3. The van der Waals surface area contributed by atoms with Gasteiger partial charge in [0.05, 0.1) is 11.6 Å². The van der Waals surface area contributed by atoms with Crippen LogP contribution in [0.5, 0.6) is 0 Å². The highest BCUT2D eigenvalue weighted by molar-refractivity contribution is 5.08. The number of hydrogen-bond donors (Lipinski definition) is 2. The van der Waals surface area contributed by atoms with Gasteiger partial charge in [0.25, 0.3) is 5.56 Å². The predicted octanol–water partition coefficient (Wildman–Crippen LogP) is 0.521. The number of ether oxygens (including phenoxy) is 1. The van der Waals surface area contributed by atoms with Gasteiger partial charge in [-0.05, 0) is 26.3 Å². The average molecular weight is 279 g/mol. The fraction of sp³-hybridized carbons (Fsp3) is 0.714. The molecule has 0 unspecified atom stereocenters. The van der Waals surface area contributed by atoms with Crippen molar-refractivity contribution in [3.05, 3.63) is 32.6 Å². The van der Waals surface area contributed by atoms with Crippen LogP contribution in [-0.4, -0.2) is 27.7 Å². The van der Waals surface area contributed by atoms with Crippen LogP contribution in [-0.2, 0) is 4.74 Å². The highest BCUT2D eigenvalue weighted by Crippen LogP contribution is 2.47. The molecule has 0 aromatic carbocycles. The molecule has 0 saturated carbocycles. The van der Waals surface area contributed by atoms with Crippen LogP contribution in [0.15, 0.2) is 15.8 Å². The molecule has 20 heavy (non-hydrogen) atoms. The van der Waals surface area contributed by atoms with E-state index in [4.69, 9.17) is 4.74 Å². The molecule has 1 aromatic heterocycles. The summed E-state index contributed by atoms with van der Waals surface area (Å²) in [6.07, 6.45) is 3.13. The summed E-state index contributed by atoms with van der Waals surface area (Å²) in [7, 11) is 0. The molecule has 110 valence electrons. The molecule has 6 heteroatoms. The number of aromatic amines is 1. The molecule has 2 N–H and O–H groups in total. The summed E-state index contributed by atoms with van der Waals surface area (Å²) in [5, 5.41) is 3.45. The van der Waals surface area contributed by atoms with Crippen LogP contribution < -0.4 is 16.6 Å². The van der Waals surface area contributed by atoms with Crippen LogP contribution in [0.4, 0.5) is 0 Å². The molecule has 0 spiro atoms. The molecule has 3 heterocycles. The summed E-state index contributed by atoms with van der Waals surface area (Å²) in [4.78, 5) is 25.9. The van der Waals surface area contributed by atoms with E-state index in [1.165, 1.54) is 4.57 Å². The van der Waals surface area contributed by atoms with E-state index in [1.807, 2.05) is 0 Å². The second-order valence-corrected chi connectivity index (χ2v) is 5.92. The smallest absolute Gasteiger partial charge is 0.330 e. The van der Waals surface area contributed by atoms with Crippen LogP contribution in [0.25, 0.3) is 0 Å². The quantitative estimate of drug-likeness (QED) is 0.827. The van der Waals surface area contributed by atoms with Gasteiger partial charge in [0.1, 0.15) is 0 Å². The third-order valence-electron chi connectivity index (χ3n) is 4.98. The minimum atomic E-state index is -0.404. The van der Waals surface area contributed by atoms with Crippen LogP contribution >= 0.6 is 0 Å². The first kappa shape index (κ1) is 13.6. The van der Waals surface area contributed by atoms with Crippen molar-refractivity contribution in [2.24, 2.45) is 5.92 Å². The number of hydrogen-bond acceptors (Lipinski definition) is 4. The highest BCUT2D eigenvalue weighted by atomic mass is 16.5. The van der Waals surface area contributed by atoms with E-state index in [0.717, 1.165) is 19.4 Å². The van der Waals surface area contributed by atoms with Gasteiger partial charge in [-0.1, -0.05) is 13.8 Å². The number of fused-ring (bicyclic) bond motifs is 2. The number of rotatable bonds is 2. The standard InChI is InChI=1S/C14H21N3O3/c1-4-14-5-6-15-10(9(14)3)12(20-14)17-7-8(2)11(18)16-13(17)19/h7,9-10,12,15H,4-6H2,1-3H3,(H,16,18,19)/t9-,10+,12+,14-/m0/s1. The largest absolute Gasteiger partial charge is 0.349 e. The van der Waals surface area contributed by atoms with Crippen molar-refractivity contribution in [1.82, 2.24) is 14.9 Å². The molecule has 0 amide bonds. The van der Waals surface area contributed by atoms with E-state index in [9.17, 15) is 9.59 Å². The van der Waals surface area contributed by atoms with E-state index in [0.29, 0.717) is 11.5 Å². The van der Waals surface area contributed by atoms with Crippen molar-refractivity contribution in [2.75, 3.05) is 6.54 Å². The van der Waals surface area contributed by atoms with Gasteiger partial charge < -0.3 is 10.1 Å². The van der Waals surface area contributed by atoms with E-state index in [2.05, 4.69) is 24.1 Å². The monoisotopic (exact) mass is 279 g/mol. The Labute approximate surface area is 117 Å². The first-order chi connectivity index (χ1) is 9.48. The van der Waals surface area contributed by atoms with Gasteiger partial charge in [0, 0.05) is 17.7 Å². The molecule has 6 nitrogen and oxygen atoms in total. The molecule has 3 rings (SSSR count). The first-order valence-corrected chi connectivity index (χ1v) is 7.22. The van der Waals surface area contributed by atoms with E-state index >= 15 is 0 Å². The van der Waals surface area contributed by atoms with Crippen LogP contribution in [0.3, 0.4) is 0 Å². The van der Waals surface area contributed by atoms with Crippen LogP contribution in [0.1, 0.15) is 38.5 Å². The fourth-order valence-corrected chi connectivity index (χ4v) is 3.60. The number of piperidine rings is 1. The lowest BCUT2D eigenvalue weighted by Crippen LogP contribution is -2.50. The lowest BCUT2D eigenvalue weighted by atomic mass is 9.78. The lowest BCUT2D eigenvalue weighted by Gasteiger charge is -2.36. The Morgan fingerprint density at radius 1 is 1.50 bits per heavy atom. The third-order valence-corrected chi connectivity index (χ3v) is 4.98. The Morgan fingerprint density at radius 2 is 2.25 bits per heavy atom. The maximum absolute atomic E-state index is 12.1. The Bertz CT molecular complexity index is 635. The minimum Gasteiger partial charge on any atom is -0.349 e. The summed E-state index contributed by atoms with van der Waals surface area (Å²) >= 11 is 0. The number of nitrogens with zero attached hydrogens (tertiary/aromatic N) is 1. The summed E-state index contributed by atoms with van der Waals surface area (Å²) in [6, 6.07) is 0.103. The van der Waals surface area contributed by atoms with E-state index in [1.54, 1.807) is 13.1 Å². The maximum Gasteiger partial charge on any atom is 0.330 e. The Morgan fingerprint density at radius 3 is 2.90 bits per heavy atom. The van der Waals surface area contributed by atoms with Crippen molar-refractivity contribution < 1.29 is 4.74 Å². The average Bonchev–Trinajstić information content (AvgIpc) is 2.60. The zero-order valence-electron chi connectivity index (χ0n) is 12.1. The van der Waals surface area contributed by atoms with Crippen molar-refractivity contribution in [3.63, 3.8) is 0 Å². The maximum atomic E-state index is 12.1. The first-order valence-electron chi connectivity index (χ1n) is 7.22. The van der Waals surface area contributed by atoms with E-state index in [-0.39, 0.29) is 23.4 Å². The van der Waals surface area contributed by atoms with Gasteiger partial charge >= 0.3 is 5.69 Å². The summed E-state index contributed by atoms with van der Waals surface area (Å²) in [5.74, 6) is 0.338. The van der Waals surface area contributed by atoms with Crippen LogP contribution in [0.2, 0.25) is 0 Å². The number of H-pyrrole nitrogens is 1.